The van der Waals surface area contributed by atoms with E-state index in [1.807, 2.05) is 0 Å². The van der Waals surface area contributed by atoms with Gasteiger partial charge in [0.15, 0.2) is 0 Å². The first-order valence-corrected chi connectivity index (χ1v) is 6.75. The molecule has 0 saturated heterocycles. The van der Waals surface area contributed by atoms with Crippen molar-refractivity contribution in [3.8, 4) is 11.3 Å². The number of aromatic nitrogens is 2. The lowest BCUT2D eigenvalue weighted by molar-refractivity contribution is 0.694. The minimum atomic E-state index is 0.825. The van der Waals surface area contributed by atoms with Crippen molar-refractivity contribution < 1.29 is 0 Å². The summed E-state index contributed by atoms with van der Waals surface area (Å²) in [6.45, 7) is 3.91. The fraction of sp³-hybridized carbons (Fsp3) is 0.400. The van der Waals surface area contributed by atoms with Crippen LogP contribution in [0.15, 0.2) is 24.3 Å². The van der Waals surface area contributed by atoms with Gasteiger partial charge in [-0.2, -0.15) is 0 Å². The van der Waals surface area contributed by atoms with E-state index in [-0.39, 0.29) is 0 Å². The van der Waals surface area contributed by atoms with Crippen LogP contribution in [0.1, 0.15) is 30.4 Å². The molecule has 1 heterocycles. The Balaban J connectivity index is 2.01. The first-order valence-electron chi connectivity index (χ1n) is 6.75. The van der Waals surface area contributed by atoms with E-state index in [0.717, 1.165) is 37.4 Å². The van der Waals surface area contributed by atoms with Crippen molar-refractivity contribution in [2.24, 2.45) is 0 Å². The average Bonchev–Trinajstić information content (AvgIpc) is 2.72. The van der Waals surface area contributed by atoms with Gasteiger partial charge in [-0.25, -0.2) is 4.98 Å². The number of H-pyrrole nitrogens is 1. The van der Waals surface area contributed by atoms with Crippen LogP contribution < -0.4 is 5.32 Å². The quantitative estimate of drug-likeness (QED) is 0.867. The Hall–Kier alpha value is -1.61. The topological polar surface area (TPSA) is 40.7 Å². The minimum Gasteiger partial charge on any atom is -0.344 e. The summed E-state index contributed by atoms with van der Waals surface area (Å²) in [5.74, 6) is 1.05. The van der Waals surface area contributed by atoms with Crippen LogP contribution in [0.4, 0.5) is 0 Å². The van der Waals surface area contributed by atoms with Crippen molar-refractivity contribution in [3.05, 3.63) is 41.3 Å². The molecule has 18 heavy (non-hydrogen) atoms. The third-order valence-corrected chi connectivity index (χ3v) is 3.52. The molecule has 0 bridgehead atoms. The zero-order valence-electron chi connectivity index (χ0n) is 10.8. The first kappa shape index (κ1) is 11.5. The molecule has 2 N–H and O–H groups in total. The van der Waals surface area contributed by atoms with Crippen LogP contribution in [-0.4, -0.2) is 16.5 Å². The second-order valence-electron chi connectivity index (χ2n) is 4.80. The van der Waals surface area contributed by atoms with Gasteiger partial charge in [0.05, 0.1) is 12.2 Å². The number of aromatic amines is 1. The van der Waals surface area contributed by atoms with Gasteiger partial charge in [-0.3, -0.25) is 0 Å². The molecule has 1 aromatic heterocycles. The molecule has 0 atom stereocenters. The maximum Gasteiger partial charge on any atom is 0.121 e. The smallest absolute Gasteiger partial charge is 0.121 e. The third-order valence-electron chi connectivity index (χ3n) is 3.52. The van der Waals surface area contributed by atoms with Gasteiger partial charge in [-0.05, 0) is 31.4 Å². The molecule has 2 aromatic rings. The number of benzene rings is 1. The van der Waals surface area contributed by atoms with Crippen molar-refractivity contribution >= 4 is 0 Å². The highest BCUT2D eigenvalue weighted by atomic mass is 15.0. The third kappa shape index (κ3) is 2.06. The summed E-state index contributed by atoms with van der Waals surface area (Å²) in [6.07, 6.45) is 3.46. The Morgan fingerprint density at radius 3 is 3.06 bits per heavy atom. The number of nitrogens with zero attached hydrogens (tertiary/aromatic N) is 1. The zero-order valence-corrected chi connectivity index (χ0v) is 10.8. The summed E-state index contributed by atoms with van der Waals surface area (Å²) in [7, 11) is 0. The molecule has 0 unspecified atom stereocenters. The summed E-state index contributed by atoms with van der Waals surface area (Å²) in [5.41, 5.74) is 5.20. The minimum absolute atomic E-state index is 0.825. The van der Waals surface area contributed by atoms with Crippen molar-refractivity contribution in [1.29, 1.82) is 0 Å². The maximum atomic E-state index is 4.77. The zero-order chi connectivity index (χ0) is 12.4. The number of imidazole rings is 1. The fourth-order valence-corrected chi connectivity index (χ4v) is 2.62. The van der Waals surface area contributed by atoms with Crippen LogP contribution >= 0.6 is 0 Å². The van der Waals surface area contributed by atoms with Gasteiger partial charge in [0.2, 0.25) is 0 Å². The van der Waals surface area contributed by atoms with E-state index < -0.39 is 0 Å². The molecule has 0 spiro atoms. The van der Waals surface area contributed by atoms with E-state index >= 15 is 0 Å². The first-order chi connectivity index (χ1) is 8.88. The fourth-order valence-electron chi connectivity index (χ4n) is 2.62. The second-order valence-corrected chi connectivity index (χ2v) is 4.80. The van der Waals surface area contributed by atoms with Crippen LogP contribution in [0.25, 0.3) is 11.3 Å². The molecule has 0 aliphatic heterocycles. The number of hydrogen-bond acceptors (Lipinski definition) is 2. The van der Waals surface area contributed by atoms with Crippen LogP contribution in [0.3, 0.4) is 0 Å². The normalized spacial score (nSPS) is 13.8. The van der Waals surface area contributed by atoms with Gasteiger partial charge in [0, 0.05) is 11.3 Å². The average molecular weight is 241 g/mol. The van der Waals surface area contributed by atoms with Crippen LogP contribution in [0.5, 0.6) is 0 Å². The summed E-state index contributed by atoms with van der Waals surface area (Å²) < 4.78 is 0. The predicted molar refractivity (Wildman–Crippen MR) is 73.4 cm³/mol. The molecule has 0 saturated carbocycles. The van der Waals surface area contributed by atoms with E-state index in [4.69, 9.17) is 4.98 Å². The molecule has 94 valence electrons. The molecule has 3 nitrogen and oxygen atoms in total. The van der Waals surface area contributed by atoms with Crippen LogP contribution in [0.2, 0.25) is 0 Å². The summed E-state index contributed by atoms with van der Waals surface area (Å²) in [4.78, 5) is 8.25. The molecule has 1 aromatic carbocycles. The largest absolute Gasteiger partial charge is 0.344 e. The maximum absolute atomic E-state index is 4.77. The lowest BCUT2D eigenvalue weighted by atomic mass is 10.0. The lowest BCUT2D eigenvalue weighted by Crippen LogP contribution is -2.12. The number of hydrogen-bond donors (Lipinski definition) is 2. The standard InChI is InChI=1S/C15H19N3/c1-2-16-10-14-17-13-9-5-7-11-6-3-4-8-12(11)15(13)18-14/h3-4,6,8,16H,2,5,7,9-10H2,1H3,(H,17,18). The van der Waals surface area contributed by atoms with Gasteiger partial charge < -0.3 is 10.3 Å². The molecular weight excluding hydrogens is 222 g/mol. The lowest BCUT2D eigenvalue weighted by Gasteiger charge is -2.03. The molecule has 3 heteroatoms. The number of rotatable bonds is 3. The number of nitrogens with one attached hydrogen (secondary N) is 2. The Kier molecular flexibility index (Phi) is 3.15. The SMILES string of the molecule is CCNCc1nc2c([nH]1)CCCc1ccccc1-2. The monoisotopic (exact) mass is 241 g/mol. The summed E-state index contributed by atoms with van der Waals surface area (Å²) >= 11 is 0. The molecule has 0 fully saturated rings. The summed E-state index contributed by atoms with van der Waals surface area (Å²) in [5, 5.41) is 3.32. The van der Waals surface area contributed by atoms with E-state index in [9.17, 15) is 0 Å². The predicted octanol–water partition coefficient (Wildman–Crippen LogP) is 2.67. The highest BCUT2D eigenvalue weighted by Gasteiger charge is 2.17. The van der Waals surface area contributed by atoms with Crippen molar-refractivity contribution in [3.63, 3.8) is 0 Å². The molecule has 1 aliphatic carbocycles. The van der Waals surface area contributed by atoms with E-state index in [1.54, 1.807) is 0 Å². The number of aryl methyl sites for hydroxylation is 2. The van der Waals surface area contributed by atoms with Gasteiger partial charge in [0.25, 0.3) is 0 Å². The molecule has 0 radical (unpaired) electrons. The van der Waals surface area contributed by atoms with Crippen LogP contribution in [0, 0.1) is 0 Å². The Morgan fingerprint density at radius 2 is 2.17 bits per heavy atom. The highest BCUT2D eigenvalue weighted by molar-refractivity contribution is 5.67. The number of fused-ring (bicyclic) bond motifs is 3. The van der Waals surface area contributed by atoms with Crippen molar-refractivity contribution in [1.82, 2.24) is 15.3 Å². The van der Waals surface area contributed by atoms with Gasteiger partial charge in [-0.15, -0.1) is 0 Å². The van der Waals surface area contributed by atoms with E-state index in [1.165, 1.54) is 23.2 Å². The van der Waals surface area contributed by atoms with Gasteiger partial charge in [-0.1, -0.05) is 31.2 Å². The molecule has 0 amide bonds. The second kappa shape index (κ2) is 4.94. The Morgan fingerprint density at radius 1 is 1.28 bits per heavy atom. The van der Waals surface area contributed by atoms with Crippen molar-refractivity contribution in [2.45, 2.75) is 32.7 Å². The van der Waals surface area contributed by atoms with E-state index in [2.05, 4.69) is 41.5 Å². The van der Waals surface area contributed by atoms with Gasteiger partial charge >= 0.3 is 0 Å². The Bertz CT molecular complexity index is 542. The van der Waals surface area contributed by atoms with Crippen LogP contribution in [-0.2, 0) is 19.4 Å². The Labute approximate surface area is 108 Å². The highest BCUT2D eigenvalue weighted by Crippen LogP contribution is 2.30. The van der Waals surface area contributed by atoms with Crippen molar-refractivity contribution in [2.75, 3.05) is 6.54 Å². The summed E-state index contributed by atoms with van der Waals surface area (Å²) in [6, 6.07) is 8.64. The van der Waals surface area contributed by atoms with E-state index in [0.29, 0.717) is 0 Å². The molecule has 1 aliphatic rings. The molecular formula is C15H19N3. The molecule has 3 rings (SSSR count). The van der Waals surface area contributed by atoms with Gasteiger partial charge in [0.1, 0.15) is 5.82 Å².